The number of amides is 1. The summed E-state index contributed by atoms with van der Waals surface area (Å²) in [6.45, 7) is 5.21. The number of alkyl halides is 1. The number of halogens is 1. The number of carbonyl (C=O) groups excluding carboxylic acids is 1. The summed E-state index contributed by atoms with van der Waals surface area (Å²) in [5, 5.41) is 11.1. The van der Waals surface area contributed by atoms with Crippen LogP contribution < -0.4 is 5.32 Å². The number of aliphatic hydroxyl groups excluding tert-OH is 1. The van der Waals surface area contributed by atoms with Crippen LogP contribution >= 0.6 is 11.6 Å². The van der Waals surface area contributed by atoms with Gasteiger partial charge in [-0.25, -0.2) is 0 Å². The Balaban J connectivity index is 4.12. The molecule has 0 aromatic rings. The molecule has 0 aliphatic carbocycles. The predicted octanol–water partition coefficient (Wildman–Crippen LogP) is 0.891. The van der Waals surface area contributed by atoms with E-state index in [2.05, 4.69) is 5.32 Å². The highest BCUT2D eigenvalue weighted by molar-refractivity contribution is 6.30. The molecular weight excluding hydrogens is 178 g/mol. The maximum absolute atomic E-state index is 11.1. The maximum atomic E-state index is 11.1. The maximum Gasteiger partial charge on any atom is 0.238 e. The lowest BCUT2D eigenvalue weighted by Crippen LogP contribution is -2.50. The molecular formula is C8H16ClNO2. The molecule has 0 aliphatic heterocycles. The van der Waals surface area contributed by atoms with E-state index in [9.17, 15) is 4.79 Å². The molecule has 3 nitrogen and oxygen atoms in total. The van der Waals surface area contributed by atoms with E-state index in [0.717, 1.165) is 0 Å². The normalized spacial score (nSPS) is 18.1. The van der Waals surface area contributed by atoms with E-state index in [1.165, 1.54) is 0 Å². The molecule has 0 aromatic heterocycles. The minimum absolute atomic E-state index is 0.0706. The molecule has 0 rings (SSSR count). The van der Waals surface area contributed by atoms with Gasteiger partial charge in [-0.3, -0.25) is 4.79 Å². The zero-order chi connectivity index (χ0) is 9.78. The van der Waals surface area contributed by atoms with Crippen molar-refractivity contribution in [3.05, 3.63) is 0 Å². The van der Waals surface area contributed by atoms with Crippen LogP contribution in [0.3, 0.4) is 0 Å². The Morgan fingerprint density at radius 3 is 2.50 bits per heavy atom. The summed E-state index contributed by atoms with van der Waals surface area (Å²) in [6.07, 6.45) is 0.679. The van der Waals surface area contributed by atoms with E-state index in [-0.39, 0.29) is 12.5 Å². The fraction of sp³-hybridized carbons (Fsp3) is 0.875. The van der Waals surface area contributed by atoms with Gasteiger partial charge < -0.3 is 10.4 Å². The summed E-state index contributed by atoms with van der Waals surface area (Å²) < 4.78 is 0. The van der Waals surface area contributed by atoms with E-state index >= 15 is 0 Å². The third-order valence-corrected chi connectivity index (χ3v) is 2.11. The van der Waals surface area contributed by atoms with Crippen molar-refractivity contribution in [2.24, 2.45) is 0 Å². The second kappa shape index (κ2) is 4.67. The SMILES string of the molecule is CCC(C)(CO)NC(=O)C(C)Cl. The number of nitrogens with one attached hydrogen (secondary N) is 1. The van der Waals surface area contributed by atoms with E-state index in [4.69, 9.17) is 16.7 Å². The first-order valence-corrected chi connectivity index (χ1v) is 4.46. The fourth-order valence-electron chi connectivity index (χ4n) is 0.637. The molecule has 0 saturated heterocycles. The van der Waals surface area contributed by atoms with Crippen LogP contribution in [0, 0.1) is 0 Å². The molecule has 0 fully saturated rings. The van der Waals surface area contributed by atoms with Gasteiger partial charge in [0.25, 0.3) is 0 Å². The summed E-state index contributed by atoms with van der Waals surface area (Å²) in [7, 11) is 0. The third kappa shape index (κ3) is 3.41. The highest BCUT2D eigenvalue weighted by Crippen LogP contribution is 2.08. The van der Waals surface area contributed by atoms with Crippen LogP contribution in [0.15, 0.2) is 0 Å². The van der Waals surface area contributed by atoms with Gasteiger partial charge in [0.2, 0.25) is 5.91 Å². The molecule has 0 spiro atoms. The number of carbonyl (C=O) groups is 1. The molecule has 0 aliphatic rings. The molecule has 2 unspecified atom stereocenters. The van der Waals surface area contributed by atoms with Crippen LogP contribution in [0.1, 0.15) is 27.2 Å². The second-order valence-corrected chi connectivity index (χ2v) is 3.83. The number of rotatable bonds is 4. The highest BCUT2D eigenvalue weighted by atomic mass is 35.5. The Kier molecular flexibility index (Phi) is 4.57. The van der Waals surface area contributed by atoms with Crippen LogP contribution in [0.2, 0.25) is 0 Å². The first-order chi connectivity index (χ1) is 5.45. The van der Waals surface area contributed by atoms with E-state index in [0.29, 0.717) is 6.42 Å². The van der Waals surface area contributed by atoms with E-state index < -0.39 is 10.9 Å². The molecule has 4 heteroatoms. The van der Waals surface area contributed by atoms with Crippen molar-refractivity contribution in [2.45, 2.75) is 38.1 Å². The van der Waals surface area contributed by atoms with Crippen LogP contribution in [0.5, 0.6) is 0 Å². The molecule has 0 saturated carbocycles. The van der Waals surface area contributed by atoms with Gasteiger partial charge in [-0.2, -0.15) is 0 Å². The largest absolute Gasteiger partial charge is 0.394 e. The minimum atomic E-state index is -0.553. The standard InChI is InChI=1S/C8H16ClNO2/c1-4-8(3,5-11)10-7(12)6(2)9/h6,11H,4-5H2,1-3H3,(H,10,12). The number of hydrogen-bond donors (Lipinski definition) is 2. The topological polar surface area (TPSA) is 49.3 Å². The van der Waals surface area contributed by atoms with Crippen molar-refractivity contribution in [2.75, 3.05) is 6.61 Å². The lowest BCUT2D eigenvalue weighted by molar-refractivity contribution is -0.122. The Morgan fingerprint density at radius 1 is 1.75 bits per heavy atom. The lowest BCUT2D eigenvalue weighted by Gasteiger charge is -2.27. The smallest absolute Gasteiger partial charge is 0.238 e. The van der Waals surface area contributed by atoms with Crippen LogP contribution in [0.4, 0.5) is 0 Å². The summed E-state index contributed by atoms with van der Waals surface area (Å²) >= 11 is 5.55. The monoisotopic (exact) mass is 193 g/mol. The number of hydrogen-bond acceptors (Lipinski definition) is 2. The Hall–Kier alpha value is -0.280. The molecule has 0 bridgehead atoms. The van der Waals surface area contributed by atoms with E-state index in [1.54, 1.807) is 13.8 Å². The molecule has 0 heterocycles. The Bertz CT molecular complexity index is 155. The van der Waals surface area contributed by atoms with Gasteiger partial charge in [-0.05, 0) is 20.3 Å². The average molecular weight is 194 g/mol. The number of aliphatic hydroxyl groups is 1. The molecule has 2 atom stereocenters. The summed E-state index contributed by atoms with van der Waals surface area (Å²) in [5.74, 6) is -0.241. The van der Waals surface area contributed by atoms with Crippen molar-refractivity contribution in [3.8, 4) is 0 Å². The quantitative estimate of drug-likeness (QED) is 0.652. The zero-order valence-corrected chi connectivity index (χ0v) is 8.48. The second-order valence-electron chi connectivity index (χ2n) is 3.18. The molecule has 0 aromatic carbocycles. The van der Waals surface area contributed by atoms with Crippen molar-refractivity contribution in [3.63, 3.8) is 0 Å². The van der Waals surface area contributed by atoms with Crippen molar-refractivity contribution in [1.29, 1.82) is 0 Å². The van der Waals surface area contributed by atoms with Crippen molar-refractivity contribution >= 4 is 17.5 Å². The lowest BCUT2D eigenvalue weighted by atomic mass is 10.0. The Morgan fingerprint density at radius 2 is 2.25 bits per heavy atom. The minimum Gasteiger partial charge on any atom is -0.394 e. The first-order valence-electron chi connectivity index (χ1n) is 4.02. The molecule has 2 N–H and O–H groups in total. The van der Waals surface area contributed by atoms with Gasteiger partial charge >= 0.3 is 0 Å². The predicted molar refractivity (Wildman–Crippen MR) is 49.2 cm³/mol. The summed E-state index contributed by atoms with van der Waals surface area (Å²) in [6, 6.07) is 0. The van der Waals surface area contributed by atoms with Crippen LogP contribution in [0.25, 0.3) is 0 Å². The van der Waals surface area contributed by atoms with Crippen molar-refractivity contribution < 1.29 is 9.90 Å². The van der Waals surface area contributed by atoms with E-state index in [1.807, 2.05) is 6.92 Å². The van der Waals surface area contributed by atoms with Gasteiger partial charge in [-0.15, -0.1) is 11.6 Å². The fourth-order valence-corrected chi connectivity index (χ4v) is 0.691. The van der Waals surface area contributed by atoms with Crippen LogP contribution in [-0.2, 0) is 4.79 Å². The summed E-state index contributed by atoms with van der Waals surface area (Å²) in [4.78, 5) is 11.1. The summed E-state index contributed by atoms with van der Waals surface area (Å²) in [5.41, 5.74) is -0.541. The van der Waals surface area contributed by atoms with Crippen molar-refractivity contribution in [1.82, 2.24) is 5.32 Å². The van der Waals surface area contributed by atoms with Gasteiger partial charge in [0.1, 0.15) is 5.38 Å². The first kappa shape index (κ1) is 11.7. The van der Waals surface area contributed by atoms with Gasteiger partial charge in [-0.1, -0.05) is 6.92 Å². The highest BCUT2D eigenvalue weighted by Gasteiger charge is 2.24. The molecule has 72 valence electrons. The van der Waals surface area contributed by atoms with Gasteiger partial charge in [0.15, 0.2) is 0 Å². The zero-order valence-electron chi connectivity index (χ0n) is 7.72. The Labute approximate surface area is 78.1 Å². The third-order valence-electron chi connectivity index (χ3n) is 1.92. The average Bonchev–Trinajstić information content (AvgIpc) is 2.04. The van der Waals surface area contributed by atoms with Gasteiger partial charge in [0, 0.05) is 0 Å². The molecule has 12 heavy (non-hydrogen) atoms. The van der Waals surface area contributed by atoms with Gasteiger partial charge in [0.05, 0.1) is 12.1 Å². The molecule has 1 amide bonds. The molecule has 0 radical (unpaired) electrons. The van der Waals surface area contributed by atoms with Crippen LogP contribution in [-0.4, -0.2) is 28.5 Å².